The monoisotopic (exact) mass is 260 g/mol. The van der Waals surface area contributed by atoms with E-state index in [1.807, 2.05) is 0 Å². The number of hydrogen-bond acceptors (Lipinski definition) is 0. The van der Waals surface area contributed by atoms with E-state index >= 15 is 0 Å². The van der Waals surface area contributed by atoms with Gasteiger partial charge in [0.15, 0.2) is 0 Å². The van der Waals surface area contributed by atoms with E-state index in [2.05, 4.69) is 65.0 Å². The average molecular weight is 261 g/mol. The Morgan fingerprint density at radius 2 is 1.65 bits per heavy atom. The number of rotatable bonds is 3. The second-order valence-corrected chi connectivity index (χ2v) is 13.4. The molecule has 2 rings (SSSR count). The zero-order valence-corrected chi connectivity index (χ0v) is 14.6. The minimum atomic E-state index is 0.00164. The van der Waals surface area contributed by atoms with Crippen molar-refractivity contribution < 1.29 is 0 Å². The van der Waals surface area contributed by atoms with Gasteiger partial charge in [-0.3, -0.25) is 0 Å². The lowest BCUT2D eigenvalue weighted by molar-refractivity contribution is 0.897. The topological polar surface area (TPSA) is 0 Å². The summed E-state index contributed by atoms with van der Waals surface area (Å²) in [5.74, 6) is 0. The van der Waals surface area contributed by atoms with E-state index in [0.29, 0.717) is 10.1 Å². The summed E-state index contributed by atoms with van der Waals surface area (Å²) >= 11 is 0. The first-order valence-corrected chi connectivity index (χ1v) is 12.0. The highest BCUT2D eigenvalue weighted by molar-refractivity contribution is 7.04. The summed E-state index contributed by atoms with van der Waals surface area (Å²) in [4.78, 5) is 0. The van der Waals surface area contributed by atoms with Crippen LogP contribution in [0.1, 0.15) is 34.6 Å². The van der Waals surface area contributed by atoms with E-state index in [1.165, 1.54) is 11.1 Å². The van der Waals surface area contributed by atoms with E-state index < -0.39 is 0 Å². The van der Waals surface area contributed by atoms with Gasteiger partial charge in [0.1, 0.15) is 0 Å². The molecule has 2 aliphatic carbocycles. The fourth-order valence-corrected chi connectivity index (χ4v) is 11.6. The van der Waals surface area contributed by atoms with Crippen LogP contribution in [0.4, 0.5) is 0 Å². The van der Waals surface area contributed by atoms with Gasteiger partial charge in [0.25, 0.3) is 0 Å². The summed E-state index contributed by atoms with van der Waals surface area (Å²) in [5.41, 5.74) is 4.55. The molecule has 0 spiro atoms. The SMILES string of the molecule is CC1=CC(C)([SiH2][SiH2]C2(C)C=C(C)C=C2C)C=C1. The van der Waals surface area contributed by atoms with Crippen molar-refractivity contribution in [2.45, 2.75) is 44.7 Å². The third-order valence-corrected chi connectivity index (χ3v) is 15.0. The molecule has 0 aromatic heterocycles. The molecule has 0 aromatic carbocycles. The van der Waals surface area contributed by atoms with Gasteiger partial charge in [-0.1, -0.05) is 60.9 Å². The molecular formula is C15H24Si2. The summed E-state index contributed by atoms with van der Waals surface area (Å²) < 4.78 is 0. The summed E-state index contributed by atoms with van der Waals surface area (Å²) in [7, 11) is 0.0108. The first kappa shape index (κ1) is 12.8. The maximum atomic E-state index is 2.53. The van der Waals surface area contributed by atoms with Crippen LogP contribution in [0.2, 0.25) is 10.1 Å². The van der Waals surface area contributed by atoms with Crippen molar-refractivity contribution >= 4 is 18.1 Å². The standard InChI is InChI=1S/C15H24Si2/c1-11-6-7-14(4,9-11)16-17-15(5)10-12(2)8-13(15)3/h6-10H,16-17H2,1-5H3. The third kappa shape index (κ3) is 2.63. The Labute approximate surface area is 110 Å². The van der Waals surface area contributed by atoms with Gasteiger partial charge in [0.05, 0.1) is 0 Å². The lowest BCUT2D eigenvalue weighted by atomic mass is 10.1. The lowest BCUT2D eigenvalue weighted by Gasteiger charge is -2.28. The Bertz CT molecular complexity index is 454. The number of allylic oxidation sites excluding steroid dienone is 8. The van der Waals surface area contributed by atoms with Gasteiger partial charge in [-0.15, -0.1) is 0 Å². The second-order valence-electron chi connectivity index (χ2n) is 6.36. The molecule has 2 aliphatic rings. The van der Waals surface area contributed by atoms with Crippen molar-refractivity contribution in [3.63, 3.8) is 0 Å². The van der Waals surface area contributed by atoms with Gasteiger partial charge in [0, 0.05) is 18.1 Å². The summed E-state index contributed by atoms with van der Waals surface area (Å²) in [6.45, 7) is 11.7. The highest BCUT2D eigenvalue weighted by Gasteiger charge is 2.32. The molecule has 0 saturated heterocycles. The molecule has 0 heterocycles. The molecule has 0 N–H and O–H groups in total. The van der Waals surface area contributed by atoms with Crippen LogP contribution in [0.5, 0.6) is 0 Å². The molecule has 0 saturated carbocycles. The Morgan fingerprint density at radius 1 is 0.941 bits per heavy atom. The smallest absolute Gasteiger partial charge is 0.0264 e. The van der Waals surface area contributed by atoms with Crippen molar-refractivity contribution in [3.05, 3.63) is 47.1 Å². The van der Waals surface area contributed by atoms with E-state index in [4.69, 9.17) is 0 Å². The summed E-state index contributed by atoms with van der Waals surface area (Å²) in [6.07, 6.45) is 12.2. The Morgan fingerprint density at radius 3 is 2.12 bits per heavy atom. The first-order valence-electron chi connectivity index (χ1n) is 6.60. The van der Waals surface area contributed by atoms with Crippen molar-refractivity contribution in [2.24, 2.45) is 0 Å². The molecular weight excluding hydrogens is 236 g/mol. The summed E-state index contributed by atoms with van der Waals surface area (Å²) in [5, 5.41) is 0.960. The van der Waals surface area contributed by atoms with Crippen LogP contribution >= 0.6 is 0 Å². The quantitative estimate of drug-likeness (QED) is 0.684. The van der Waals surface area contributed by atoms with E-state index in [0.717, 1.165) is 0 Å². The Hall–Kier alpha value is -0.606. The molecule has 17 heavy (non-hydrogen) atoms. The number of hydrogen-bond donors (Lipinski definition) is 0. The van der Waals surface area contributed by atoms with Gasteiger partial charge in [-0.05, 0) is 30.8 Å². The van der Waals surface area contributed by atoms with Crippen LogP contribution in [-0.2, 0) is 0 Å². The minimum Gasteiger partial charge on any atom is -0.0783 e. The van der Waals surface area contributed by atoms with E-state index in [1.54, 1.807) is 5.57 Å². The van der Waals surface area contributed by atoms with Crippen molar-refractivity contribution in [1.82, 2.24) is 0 Å². The molecule has 0 nitrogen and oxygen atoms in total. The molecule has 0 bridgehead atoms. The van der Waals surface area contributed by atoms with Crippen LogP contribution < -0.4 is 0 Å². The minimum absolute atomic E-state index is 0.00164. The largest absolute Gasteiger partial charge is 0.0783 e. The second kappa shape index (κ2) is 4.25. The van der Waals surface area contributed by atoms with Gasteiger partial charge in [0.2, 0.25) is 0 Å². The molecule has 0 radical (unpaired) electrons. The normalized spacial score (nSPS) is 37.4. The summed E-state index contributed by atoms with van der Waals surface area (Å²) in [6, 6.07) is 0. The molecule has 2 atom stereocenters. The van der Waals surface area contributed by atoms with Crippen LogP contribution in [0.15, 0.2) is 47.1 Å². The maximum Gasteiger partial charge on any atom is 0.0264 e. The van der Waals surface area contributed by atoms with Gasteiger partial charge in [-0.2, -0.15) is 0 Å². The van der Waals surface area contributed by atoms with Crippen LogP contribution in [-0.4, -0.2) is 18.1 Å². The van der Waals surface area contributed by atoms with Crippen molar-refractivity contribution in [3.8, 4) is 0 Å². The van der Waals surface area contributed by atoms with Crippen molar-refractivity contribution in [1.29, 1.82) is 0 Å². The molecule has 92 valence electrons. The molecule has 0 fully saturated rings. The molecule has 0 aliphatic heterocycles. The highest BCUT2D eigenvalue weighted by atomic mass is 29.1. The van der Waals surface area contributed by atoms with E-state index in [-0.39, 0.29) is 18.1 Å². The Balaban J connectivity index is 2.05. The fraction of sp³-hybridized carbons (Fsp3) is 0.467. The maximum absolute atomic E-state index is 2.53. The van der Waals surface area contributed by atoms with E-state index in [9.17, 15) is 0 Å². The molecule has 0 amide bonds. The van der Waals surface area contributed by atoms with Crippen molar-refractivity contribution in [2.75, 3.05) is 0 Å². The highest BCUT2D eigenvalue weighted by Crippen LogP contribution is 2.44. The predicted octanol–water partition coefficient (Wildman–Crippen LogP) is 3.02. The fourth-order valence-electron chi connectivity index (χ4n) is 3.06. The lowest BCUT2D eigenvalue weighted by Crippen LogP contribution is -2.26. The van der Waals surface area contributed by atoms with Gasteiger partial charge in [-0.25, -0.2) is 0 Å². The zero-order chi connectivity index (χ0) is 12.7. The zero-order valence-electron chi connectivity index (χ0n) is 11.8. The average Bonchev–Trinajstić information content (AvgIpc) is 2.67. The molecule has 2 heteroatoms. The third-order valence-electron chi connectivity index (χ3n) is 4.36. The first-order chi connectivity index (χ1) is 7.83. The van der Waals surface area contributed by atoms with Gasteiger partial charge >= 0.3 is 0 Å². The Kier molecular flexibility index (Phi) is 3.21. The van der Waals surface area contributed by atoms with Crippen LogP contribution in [0.3, 0.4) is 0 Å². The van der Waals surface area contributed by atoms with Crippen LogP contribution in [0, 0.1) is 0 Å². The van der Waals surface area contributed by atoms with Crippen LogP contribution in [0.25, 0.3) is 0 Å². The predicted molar refractivity (Wildman–Crippen MR) is 84.2 cm³/mol. The molecule has 2 unspecified atom stereocenters. The molecule has 0 aromatic rings. The van der Waals surface area contributed by atoms with Gasteiger partial charge < -0.3 is 0 Å².